The molecule has 3 aromatic rings. The zero-order chi connectivity index (χ0) is 21.1. The smallest absolute Gasteiger partial charge is 0.259 e. The molecule has 0 aliphatic heterocycles. The maximum absolute atomic E-state index is 12.8. The Bertz CT molecular complexity index is 1050. The second kappa shape index (κ2) is 9.09. The topological polar surface area (TPSA) is 69.6 Å². The molecule has 1 heterocycles. The molecule has 1 aromatic heterocycles. The summed E-state index contributed by atoms with van der Waals surface area (Å²) < 4.78 is 22.4. The van der Waals surface area contributed by atoms with Crippen LogP contribution in [0, 0.1) is 0 Å². The van der Waals surface area contributed by atoms with Crippen LogP contribution in [0.2, 0.25) is 5.02 Å². The molecule has 8 heteroatoms. The summed E-state index contributed by atoms with van der Waals surface area (Å²) in [5.41, 5.74) is 4.22. The zero-order valence-corrected chi connectivity index (χ0v) is 18.6. The largest absolute Gasteiger partial charge is 0.376 e. The van der Waals surface area contributed by atoms with Crippen molar-refractivity contribution in [1.29, 1.82) is 0 Å². The number of thiophene rings is 1. The summed E-state index contributed by atoms with van der Waals surface area (Å²) in [6, 6.07) is 14.7. The number of nitrogens with one attached hydrogen (secondary N) is 1. The van der Waals surface area contributed by atoms with Crippen molar-refractivity contribution in [3.05, 3.63) is 58.4 Å². The molecule has 2 aromatic carbocycles. The maximum atomic E-state index is 12.8. The quantitative estimate of drug-likeness (QED) is 0.346. The zero-order valence-electron chi connectivity index (χ0n) is 16.2. The van der Waals surface area contributed by atoms with Gasteiger partial charge in [-0.3, -0.25) is 14.1 Å². The van der Waals surface area contributed by atoms with Crippen LogP contribution in [-0.2, 0) is 11.3 Å². The number of halogens is 1. The van der Waals surface area contributed by atoms with E-state index in [2.05, 4.69) is 4.72 Å². The SMILES string of the molecule is CCC(=O)c1sc(-c2ccc(Cl)cc2)c(N(C)C)c1-c1ccc(NS(=O)O)cc1. The molecular formula is C21H21ClN2O3S2. The van der Waals surface area contributed by atoms with Gasteiger partial charge in [0.05, 0.1) is 15.4 Å². The molecule has 0 aliphatic rings. The molecule has 29 heavy (non-hydrogen) atoms. The van der Waals surface area contributed by atoms with E-state index in [4.69, 9.17) is 16.2 Å². The van der Waals surface area contributed by atoms with E-state index in [0.29, 0.717) is 22.0 Å². The molecule has 1 atom stereocenters. The van der Waals surface area contributed by atoms with E-state index in [-0.39, 0.29) is 5.78 Å². The van der Waals surface area contributed by atoms with Gasteiger partial charge in [-0.25, -0.2) is 4.21 Å². The van der Waals surface area contributed by atoms with Crippen LogP contribution in [0.15, 0.2) is 48.5 Å². The molecule has 5 nitrogen and oxygen atoms in total. The lowest BCUT2D eigenvalue weighted by molar-refractivity contribution is 0.0992. The third-order valence-electron chi connectivity index (χ3n) is 4.39. The van der Waals surface area contributed by atoms with E-state index < -0.39 is 11.3 Å². The van der Waals surface area contributed by atoms with Gasteiger partial charge >= 0.3 is 0 Å². The van der Waals surface area contributed by atoms with Crippen molar-refractivity contribution in [1.82, 2.24) is 0 Å². The van der Waals surface area contributed by atoms with Gasteiger partial charge in [-0.15, -0.1) is 11.3 Å². The first kappa shape index (κ1) is 21.5. The standard InChI is InChI=1S/C21H21ClN2O3S2/c1-4-17(25)21-18(13-7-11-16(12-8-13)23-29(26)27)19(24(2)3)20(28-21)14-5-9-15(22)10-6-14/h5-12,23H,4H2,1-3H3,(H,26,27). The van der Waals surface area contributed by atoms with Crippen LogP contribution in [0.25, 0.3) is 21.6 Å². The van der Waals surface area contributed by atoms with Crippen LogP contribution in [-0.4, -0.2) is 28.6 Å². The van der Waals surface area contributed by atoms with Crippen molar-refractivity contribution in [3.8, 4) is 21.6 Å². The minimum absolute atomic E-state index is 0.0759. The Labute approximate surface area is 181 Å². The minimum atomic E-state index is -2.14. The first-order valence-electron chi connectivity index (χ1n) is 8.93. The summed E-state index contributed by atoms with van der Waals surface area (Å²) in [5.74, 6) is 0.0759. The van der Waals surface area contributed by atoms with Crippen molar-refractivity contribution in [3.63, 3.8) is 0 Å². The fourth-order valence-corrected chi connectivity index (χ4v) is 4.95. The lowest BCUT2D eigenvalue weighted by Gasteiger charge is -2.17. The maximum Gasteiger partial charge on any atom is 0.259 e. The number of rotatable bonds is 7. The Balaban J connectivity index is 2.22. The summed E-state index contributed by atoms with van der Waals surface area (Å²) in [6.07, 6.45) is 0.406. The summed E-state index contributed by atoms with van der Waals surface area (Å²) in [5, 5.41) is 0.658. The number of nitrogens with zero attached hydrogens (tertiary/aromatic N) is 1. The normalized spacial score (nSPS) is 11.9. The summed E-state index contributed by atoms with van der Waals surface area (Å²) in [6.45, 7) is 1.85. The number of Topliss-reactive ketones (excluding diaryl/α,β-unsaturated/α-hetero) is 1. The third-order valence-corrected chi connectivity index (χ3v) is 6.32. The van der Waals surface area contributed by atoms with Gasteiger partial charge in [0.1, 0.15) is 0 Å². The molecule has 1 unspecified atom stereocenters. The van der Waals surface area contributed by atoms with Gasteiger partial charge in [-0.05, 0) is 35.4 Å². The van der Waals surface area contributed by atoms with Gasteiger partial charge < -0.3 is 4.90 Å². The second-order valence-electron chi connectivity index (χ2n) is 6.59. The Morgan fingerprint density at radius 2 is 1.69 bits per heavy atom. The lowest BCUT2D eigenvalue weighted by Crippen LogP contribution is -2.10. The Hall–Kier alpha value is -2.19. The van der Waals surface area contributed by atoms with Gasteiger partial charge in [0.15, 0.2) is 5.78 Å². The van der Waals surface area contributed by atoms with Gasteiger partial charge in [-0.1, -0.05) is 42.8 Å². The predicted octanol–water partition coefficient (Wildman–Crippen LogP) is 5.94. The number of anilines is 2. The molecule has 2 N–H and O–H groups in total. The molecule has 0 bridgehead atoms. The van der Waals surface area contributed by atoms with E-state index in [1.807, 2.05) is 62.3 Å². The lowest BCUT2D eigenvalue weighted by atomic mass is 9.99. The van der Waals surface area contributed by atoms with Crippen LogP contribution in [0.4, 0.5) is 11.4 Å². The van der Waals surface area contributed by atoms with Gasteiger partial charge in [-0.2, -0.15) is 0 Å². The van der Waals surface area contributed by atoms with Crippen LogP contribution in [0.1, 0.15) is 23.0 Å². The fraction of sp³-hybridized carbons (Fsp3) is 0.190. The van der Waals surface area contributed by atoms with Crippen molar-refractivity contribution >= 4 is 51.4 Å². The average molecular weight is 449 g/mol. The first-order chi connectivity index (χ1) is 13.8. The van der Waals surface area contributed by atoms with Gasteiger partial charge in [0.2, 0.25) is 0 Å². The van der Waals surface area contributed by atoms with Crippen molar-refractivity contribution in [2.45, 2.75) is 13.3 Å². The van der Waals surface area contributed by atoms with Crippen LogP contribution in [0.3, 0.4) is 0 Å². The molecule has 3 rings (SSSR count). The van der Waals surface area contributed by atoms with Gasteiger partial charge in [0.25, 0.3) is 11.3 Å². The predicted molar refractivity (Wildman–Crippen MR) is 124 cm³/mol. The monoisotopic (exact) mass is 448 g/mol. The van der Waals surface area contributed by atoms with E-state index in [1.54, 1.807) is 12.1 Å². The molecule has 152 valence electrons. The van der Waals surface area contributed by atoms with Crippen LogP contribution in [0.5, 0.6) is 0 Å². The molecule has 0 saturated carbocycles. The van der Waals surface area contributed by atoms with Crippen molar-refractivity contribution < 1.29 is 13.6 Å². The first-order valence-corrected chi connectivity index (χ1v) is 11.2. The van der Waals surface area contributed by atoms with Crippen LogP contribution >= 0.6 is 22.9 Å². The summed E-state index contributed by atoms with van der Waals surface area (Å²) >= 11 is 5.39. The molecule has 0 saturated heterocycles. The Morgan fingerprint density at radius 3 is 2.21 bits per heavy atom. The highest BCUT2D eigenvalue weighted by Crippen LogP contribution is 2.48. The number of carbonyl (C=O) groups excluding carboxylic acids is 1. The molecular weight excluding hydrogens is 428 g/mol. The summed E-state index contributed by atoms with van der Waals surface area (Å²) in [4.78, 5) is 16.5. The van der Waals surface area contributed by atoms with Crippen LogP contribution < -0.4 is 9.62 Å². The Kier molecular flexibility index (Phi) is 6.74. The third kappa shape index (κ3) is 4.70. The highest BCUT2D eigenvalue weighted by Gasteiger charge is 2.25. The number of ketones is 1. The average Bonchev–Trinajstić information content (AvgIpc) is 3.09. The van der Waals surface area contributed by atoms with E-state index in [1.165, 1.54) is 11.3 Å². The summed E-state index contributed by atoms with van der Waals surface area (Å²) in [7, 11) is 3.91. The number of hydrogen-bond donors (Lipinski definition) is 2. The Morgan fingerprint density at radius 1 is 1.10 bits per heavy atom. The van der Waals surface area contributed by atoms with Crippen molar-refractivity contribution in [2.75, 3.05) is 23.7 Å². The minimum Gasteiger partial charge on any atom is -0.376 e. The van der Waals surface area contributed by atoms with E-state index in [0.717, 1.165) is 27.3 Å². The van der Waals surface area contributed by atoms with Crippen molar-refractivity contribution in [2.24, 2.45) is 0 Å². The number of carbonyl (C=O) groups is 1. The van der Waals surface area contributed by atoms with E-state index >= 15 is 0 Å². The molecule has 0 amide bonds. The fourth-order valence-electron chi connectivity index (χ4n) is 3.08. The highest BCUT2D eigenvalue weighted by atomic mass is 35.5. The molecule has 0 spiro atoms. The second-order valence-corrected chi connectivity index (χ2v) is 8.75. The molecule has 0 fully saturated rings. The molecule has 0 radical (unpaired) electrons. The molecule has 0 aliphatic carbocycles. The van der Waals surface area contributed by atoms with Gasteiger partial charge in [0, 0.05) is 36.8 Å². The van der Waals surface area contributed by atoms with E-state index in [9.17, 15) is 9.00 Å². The highest BCUT2D eigenvalue weighted by molar-refractivity contribution is 7.80. The number of benzene rings is 2. The number of hydrogen-bond acceptors (Lipinski definition) is 4.